The highest BCUT2D eigenvalue weighted by Crippen LogP contribution is 2.32. The van der Waals surface area contributed by atoms with Gasteiger partial charge in [0.05, 0.1) is 18.3 Å². The molecule has 7 heteroatoms. The van der Waals surface area contributed by atoms with E-state index in [9.17, 15) is 10.1 Å². The van der Waals surface area contributed by atoms with Crippen molar-refractivity contribution in [3.63, 3.8) is 0 Å². The number of carbonyl (C=O) groups excluding carboxylic acids is 1. The Balaban J connectivity index is 1.73. The molecule has 2 atom stereocenters. The van der Waals surface area contributed by atoms with Gasteiger partial charge in [0.25, 0.3) is 0 Å². The molecule has 7 nitrogen and oxygen atoms in total. The number of amides is 1. The maximum absolute atomic E-state index is 12.9. The van der Waals surface area contributed by atoms with Crippen LogP contribution in [0.5, 0.6) is 0 Å². The Morgan fingerprint density at radius 3 is 2.76 bits per heavy atom. The number of aromatic nitrogens is 2. The topological polar surface area (TPSA) is 91.1 Å². The van der Waals surface area contributed by atoms with Crippen molar-refractivity contribution in [1.29, 1.82) is 5.26 Å². The van der Waals surface area contributed by atoms with Crippen molar-refractivity contribution in [3.05, 3.63) is 18.6 Å². The number of hydrogen-bond acceptors (Lipinski definition) is 6. The summed E-state index contributed by atoms with van der Waals surface area (Å²) in [6.07, 6.45) is 6.00. The molecule has 25 heavy (non-hydrogen) atoms. The van der Waals surface area contributed by atoms with E-state index >= 15 is 0 Å². The average molecular weight is 343 g/mol. The molecule has 0 spiro atoms. The summed E-state index contributed by atoms with van der Waals surface area (Å²) in [5.41, 5.74) is -0.959. The molecule has 1 aromatic heterocycles. The van der Waals surface area contributed by atoms with Crippen LogP contribution in [0.15, 0.2) is 18.6 Å². The Bertz CT molecular complexity index is 637. The van der Waals surface area contributed by atoms with E-state index < -0.39 is 5.41 Å². The van der Waals surface area contributed by atoms with Gasteiger partial charge in [-0.2, -0.15) is 5.26 Å². The van der Waals surface area contributed by atoms with Crippen LogP contribution in [-0.2, 0) is 9.53 Å². The zero-order chi connectivity index (χ0) is 17.9. The van der Waals surface area contributed by atoms with Crippen molar-refractivity contribution in [3.8, 4) is 6.07 Å². The van der Waals surface area contributed by atoms with E-state index in [-0.39, 0.29) is 11.9 Å². The van der Waals surface area contributed by atoms with Crippen molar-refractivity contribution in [2.24, 2.45) is 17.3 Å². The van der Waals surface area contributed by atoms with E-state index in [1.165, 1.54) is 0 Å². The Hall–Kier alpha value is -2.20. The summed E-state index contributed by atoms with van der Waals surface area (Å²) in [7, 11) is 0. The third kappa shape index (κ3) is 3.59. The van der Waals surface area contributed by atoms with Crippen molar-refractivity contribution in [1.82, 2.24) is 15.3 Å². The highest BCUT2D eigenvalue weighted by molar-refractivity contribution is 5.86. The molecule has 1 amide bonds. The number of nitrogens with one attached hydrogen (secondary N) is 1. The summed E-state index contributed by atoms with van der Waals surface area (Å²) in [5.74, 6) is 1.39. The fourth-order valence-corrected chi connectivity index (χ4v) is 3.71. The van der Waals surface area contributed by atoms with Crippen LogP contribution in [0.4, 0.5) is 5.82 Å². The minimum atomic E-state index is -0.959. The smallest absolute Gasteiger partial charge is 0.240 e. The summed E-state index contributed by atoms with van der Waals surface area (Å²) in [6.45, 7) is 6.77. The fraction of sp³-hybridized carbons (Fsp3) is 0.667. The average Bonchev–Trinajstić information content (AvgIpc) is 3.07. The molecule has 134 valence electrons. The first-order chi connectivity index (χ1) is 12.1. The highest BCUT2D eigenvalue weighted by Gasteiger charge is 2.44. The van der Waals surface area contributed by atoms with Gasteiger partial charge in [0.2, 0.25) is 5.91 Å². The Labute approximate surface area is 148 Å². The van der Waals surface area contributed by atoms with Gasteiger partial charge in [-0.15, -0.1) is 0 Å². The molecule has 1 aromatic rings. The lowest BCUT2D eigenvalue weighted by molar-refractivity contribution is -0.133. The maximum Gasteiger partial charge on any atom is 0.240 e. The second-order valence-electron chi connectivity index (χ2n) is 7.26. The van der Waals surface area contributed by atoms with Crippen molar-refractivity contribution in [2.45, 2.75) is 32.7 Å². The van der Waals surface area contributed by atoms with Gasteiger partial charge < -0.3 is 15.0 Å². The third-order valence-corrected chi connectivity index (χ3v) is 5.41. The lowest BCUT2D eigenvalue weighted by Gasteiger charge is -2.32. The van der Waals surface area contributed by atoms with Crippen LogP contribution in [0, 0.1) is 28.6 Å². The number of ether oxygens (including phenoxy) is 1. The van der Waals surface area contributed by atoms with Crippen LogP contribution >= 0.6 is 0 Å². The Kier molecular flexibility index (Phi) is 5.19. The minimum Gasteiger partial charge on any atom is -0.381 e. The fourth-order valence-electron chi connectivity index (χ4n) is 3.71. The van der Waals surface area contributed by atoms with Gasteiger partial charge in [0.1, 0.15) is 11.2 Å². The molecule has 0 saturated carbocycles. The number of nitrogens with zero attached hydrogens (tertiary/aromatic N) is 4. The summed E-state index contributed by atoms with van der Waals surface area (Å²) >= 11 is 0. The zero-order valence-corrected chi connectivity index (χ0v) is 14.8. The number of carbonyl (C=O) groups is 1. The van der Waals surface area contributed by atoms with Gasteiger partial charge in [-0.25, -0.2) is 4.98 Å². The quantitative estimate of drug-likeness (QED) is 0.888. The minimum absolute atomic E-state index is 0.00239. The molecule has 3 rings (SSSR count). The van der Waals surface area contributed by atoms with Crippen LogP contribution in [0.2, 0.25) is 0 Å². The van der Waals surface area contributed by atoms with Crippen LogP contribution < -0.4 is 10.2 Å². The Morgan fingerprint density at radius 2 is 2.16 bits per heavy atom. The van der Waals surface area contributed by atoms with Gasteiger partial charge in [-0.1, -0.05) is 13.8 Å². The molecule has 0 aromatic carbocycles. The van der Waals surface area contributed by atoms with E-state index in [1.807, 2.05) is 0 Å². The maximum atomic E-state index is 12.9. The van der Waals surface area contributed by atoms with Crippen molar-refractivity contribution in [2.75, 3.05) is 31.2 Å². The number of hydrogen-bond donors (Lipinski definition) is 1. The standard InChI is InChI=1S/C18H25N5O2/c1-13(2)14-10-23(16-9-20-5-6-21-16)11-15(14)22-17(24)18(12-19)3-7-25-8-4-18/h5-6,9,13-15H,3-4,7-8,10-11H2,1-2H3,(H,22,24)/t14-,15+/m1/s1. The number of nitriles is 1. The van der Waals surface area contributed by atoms with E-state index in [4.69, 9.17) is 4.74 Å². The van der Waals surface area contributed by atoms with E-state index in [0.29, 0.717) is 44.4 Å². The van der Waals surface area contributed by atoms with Crippen molar-refractivity contribution >= 4 is 11.7 Å². The normalized spacial score (nSPS) is 25.6. The molecule has 0 radical (unpaired) electrons. The SMILES string of the molecule is CC(C)[C@H]1CN(c2cnccn2)C[C@@H]1NC(=O)C1(C#N)CCOCC1. The molecule has 2 saturated heterocycles. The summed E-state index contributed by atoms with van der Waals surface area (Å²) < 4.78 is 5.33. The second-order valence-corrected chi connectivity index (χ2v) is 7.26. The first-order valence-corrected chi connectivity index (χ1v) is 8.87. The molecular weight excluding hydrogens is 318 g/mol. The van der Waals surface area contributed by atoms with Gasteiger partial charge in [0, 0.05) is 44.6 Å². The van der Waals surface area contributed by atoms with Crippen LogP contribution in [0.1, 0.15) is 26.7 Å². The van der Waals surface area contributed by atoms with Gasteiger partial charge in [0.15, 0.2) is 0 Å². The highest BCUT2D eigenvalue weighted by atomic mass is 16.5. The lowest BCUT2D eigenvalue weighted by atomic mass is 9.80. The van der Waals surface area contributed by atoms with Crippen LogP contribution in [-0.4, -0.2) is 48.2 Å². The third-order valence-electron chi connectivity index (χ3n) is 5.41. The predicted molar refractivity (Wildman–Crippen MR) is 92.6 cm³/mol. The van der Waals surface area contributed by atoms with Gasteiger partial charge in [-0.3, -0.25) is 9.78 Å². The molecule has 0 aliphatic carbocycles. The van der Waals surface area contributed by atoms with Crippen LogP contribution in [0.3, 0.4) is 0 Å². The van der Waals surface area contributed by atoms with Gasteiger partial charge >= 0.3 is 0 Å². The van der Waals surface area contributed by atoms with E-state index in [1.54, 1.807) is 18.6 Å². The number of rotatable bonds is 4. The first kappa shape index (κ1) is 17.6. The Morgan fingerprint density at radius 1 is 1.40 bits per heavy atom. The predicted octanol–water partition coefficient (Wildman–Crippen LogP) is 1.37. The molecular formula is C18H25N5O2. The molecule has 0 unspecified atom stereocenters. The monoisotopic (exact) mass is 343 g/mol. The summed E-state index contributed by atoms with van der Waals surface area (Å²) in [4.78, 5) is 23.5. The molecule has 2 fully saturated rings. The lowest BCUT2D eigenvalue weighted by Crippen LogP contribution is -2.50. The van der Waals surface area contributed by atoms with E-state index in [2.05, 4.69) is 40.1 Å². The zero-order valence-electron chi connectivity index (χ0n) is 14.8. The first-order valence-electron chi connectivity index (χ1n) is 8.87. The molecule has 1 N–H and O–H groups in total. The van der Waals surface area contributed by atoms with Gasteiger partial charge in [-0.05, 0) is 18.8 Å². The summed E-state index contributed by atoms with van der Waals surface area (Å²) in [6, 6.07) is 2.25. The van der Waals surface area contributed by atoms with E-state index in [0.717, 1.165) is 12.4 Å². The van der Waals surface area contributed by atoms with Crippen LogP contribution in [0.25, 0.3) is 0 Å². The second kappa shape index (κ2) is 7.36. The molecule has 3 heterocycles. The summed E-state index contributed by atoms with van der Waals surface area (Å²) in [5, 5.41) is 12.8. The largest absolute Gasteiger partial charge is 0.381 e. The molecule has 2 aliphatic rings. The molecule has 2 aliphatic heterocycles. The molecule has 0 bridgehead atoms. The number of anilines is 1. The van der Waals surface area contributed by atoms with Crippen molar-refractivity contribution < 1.29 is 9.53 Å².